The van der Waals surface area contributed by atoms with Crippen LogP contribution >= 0.6 is 0 Å². The molecule has 36 valence electrons. The SMILES string of the molecule is C=NCC1C2=CC21. The van der Waals surface area contributed by atoms with E-state index < -0.39 is 0 Å². The summed E-state index contributed by atoms with van der Waals surface area (Å²) < 4.78 is 0. The Morgan fingerprint density at radius 1 is 1.86 bits per heavy atom. The van der Waals surface area contributed by atoms with Crippen molar-refractivity contribution in [3.8, 4) is 0 Å². The highest BCUT2D eigenvalue weighted by atomic mass is 14.7. The van der Waals surface area contributed by atoms with Gasteiger partial charge in [0.05, 0.1) is 0 Å². The molecule has 0 spiro atoms. The summed E-state index contributed by atoms with van der Waals surface area (Å²) in [6.45, 7) is 4.39. The normalized spacial score (nSPS) is 41.4. The molecule has 0 bridgehead atoms. The van der Waals surface area contributed by atoms with E-state index in [1.807, 2.05) is 0 Å². The van der Waals surface area contributed by atoms with Crippen molar-refractivity contribution in [1.82, 2.24) is 0 Å². The molecule has 0 aromatic carbocycles. The zero-order chi connectivity index (χ0) is 4.85. The van der Waals surface area contributed by atoms with Crippen molar-refractivity contribution >= 4 is 6.72 Å². The molecule has 0 amide bonds. The zero-order valence-electron chi connectivity index (χ0n) is 4.09. The largest absolute Gasteiger partial charge is 0.300 e. The molecule has 0 N–H and O–H groups in total. The second-order valence-electron chi connectivity index (χ2n) is 2.21. The van der Waals surface area contributed by atoms with Crippen LogP contribution in [0.4, 0.5) is 0 Å². The third-order valence-corrected chi connectivity index (χ3v) is 1.73. The summed E-state index contributed by atoms with van der Waals surface area (Å²) in [6, 6.07) is 0. The smallest absolute Gasteiger partial charge is 0.0456 e. The maximum Gasteiger partial charge on any atom is 0.0456 e. The summed E-state index contributed by atoms with van der Waals surface area (Å²) >= 11 is 0. The average molecular weight is 93.1 g/mol. The van der Waals surface area contributed by atoms with Gasteiger partial charge in [0, 0.05) is 18.4 Å². The van der Waals surface area contributed by atoms with Crippen LogP contribution in [0.2, 0.25) is 0 Å². The van der Waals surface area contributed by atoms with Gasteiger partial charge in [-0.15, -0.1) is 0 Å². The lowest BCUT2D eigenvalue weighted by Crippen LogP contribution is -1.86. The van der Waals surface area contributed by atoms with Crippen molar-refractivity contribution in [3.05, 3.63) is 11.6 Å². The van der Waals surface area contributed by atoms with E-state index in [9.17, 15) is 0 Å². The third kappa shape index (κ3) is 0.303. The van der Waals surface area contributed by atoms with E-state index in [1.165, 1.54) is 0 Å². The second-order valence-corrected chi connectivity index (χ2v) is 2.21. The fraction of sp³-hybridized carbons (Fsp3) is 0.500. The summed E-state index contributed by atoms with van der Waals surface area (Å²) in [4.78, 5) is 3.79. The first-order valence-corrected chi connectivity index (χ1v) is 2.57. The molecule has 0 aromatic rings. The predicted molar refractivity (Wildman–Crippen MR) is 29.5 cm³/mol. The first-order chi connectivity index (χ1) is 3.43. The molecule has 0 saturated heterocycles. The number of aliphatic imine (C=N–C) groups is 1. The molecule has 0 radical (unpaired) electrons. The molecule has 2 aliphatic rings. The maximum atomic E-state index is 3.79. The van der Waals surface area contributed by atoms with Crippen molar-refractivity contribution < 1.29 is 0 Å². The van der Waals surface area contributed by atoms with Crippen LogP contribution in [0.25, 0.3) is 0 Å². The van der Waals surface area contributed by atoms with Gasteiger partial charge in [-0.1, -0.05) is 11.6 Å². The third-order valence-electron chi connectivity index (χ3n) is 1.73. The number of hydrogen-bond donors (Lipinski definition) is 0. The number of fused-ring (bicyclic) bond motifs is 1. The van der Waals surface area contributed by atoms with Crippen molar-refractivity contribution in [2.75, 3.05) is 6.54 Å². The predicted octanol–water partition coefficient (Wildman–Crippen LogP) is 0.873. The van der Waals surface area contributed by atoms with Crippen LogP contribution in [0.1, 0.15) is 0 Å². The first-order valence-electron chi connectivity index (χ1n) is 2.57. The highest BCUT2D eigenvalue weighted by Crippen LogP contribution is 2.60. The number of allylic oxidation sites excluding steroid dienone is 1. The molecule has 1 fully saturated rings. The van der Waals surface area contributed by atoms with Gasteiger partial charge in [0.2, 0.25) is 0 Å². The fourth-order valence-electron chi connectivity index (χ4n) is 1.00. The molecule has 0 aromatic heterocycles. The Kier molecular flexibility index (Phi) is 0.394. The van der Waals surface area contributed by atoms with Crippen molar-refractivity contribution in [3.63, 3.8) is 0 Å². The summed E-state index contributed by atoms with van der Waals surface area (Å²) in [7, 11) is 0. The van der Waals surface area contributed by atoms with Gasteiger partial charge >= 0.3 is 0 Å². The van der Waals surface area contributed by atoms with Gasteiger partial charge < -0.3 is 4.99 Å². The lowest BCUT2D eigenvalue weighted by molar-refractivity contribution is 0.795. The van der Waals surface area contributed by atoms with Crippen LogP contribution < -0.4 is 0 Å². The van der Waals surface area contributed by atoms with E-state index in [1.54, 1.807) is 5.57 Å². The van der Waals surface area contributed by atoms with E-state index in [0.717, 1.165) is 18.4 Å². The van der Waals surface area contributed by atoms with Crippen LogP contribution in [0.3, 0.4) is 0 Å². The van der Waals surface area contributed by atoms with Gasteiger partial charge in [0.15, 0.2) is 0 Å². The van der Waals surface area contributed by atoms with Gasteiger partial charge in [0.1, 0.15) is 0 Å². The van der Waals surface area contributed by atoms with Crippen LogP contribution in [-0.4, -0.2) is 13.3 Å². The fourth-order valence-corrected chi connectivity index (χ4v) is 1.00. The minimum atomic E-state index is 0.845. The molecular formula is C6H7N. The van der Waals surface area contributed by atoms with Crippen LogP contribution in [-0.2, 0) is 0 Å². The van der Waals surface area contributed by atoms with Gasteiger partial charge in [-0.3, -0.25) is 0 Å². The minimum Gasteiger partial charge on any atom is -0.300 e. The van der Waals surface area contributed by atoms with Crippen LogP contribution in [0.5, 0.6) is 0 Å². The van der Waals surface area contributed by atoms with Crippen molar-refractivity contribution in [2.24, 2.45) is 16.8 Å². The highest BCUT2D eigenvalue weighted by molar-refractivity contribution is 5.51. The van der Waals surface area contributed by atoms with E-state index in [2.05, 4.69) is 17.8 Å². The molecule has 7 heavy (non-hydrogen) atoms. The van der Waals surface area contributed by atoms with Crippen LogP contribution in [0.15, 0.2) is 16.6 Å². The Morgan fingerprint density at radius 2 is 2.57 bits per heavy atom. The maximum absolute atomic E-state index is 3.79. The molecule has 2 aliphatic carbocycles. The van der Waals surface area contributed by atoms with Gasteiger partial charge in [-0.25, -0.2) is 0 Å². The highest BCUT2D eigenvalue weighted by Gasteiger charge is 2.52. The monoisotopic (exact) mass is 93.1 g/mol. The first kappa shape index (κ1) is 3.42. The summed E-state index contributed by atoms with van der Waals surface area (Å²) in [5, 5.41) is 0. The zero-order valence-corrected chi connectivity index (χ0v) is 4.09. The standard InChI is InChI=1S/C6H7N/c1-7-3-6-4-2-5(4)6/h2,4,6H,1,3H2. The minimum absolute atomic E-state index is 0.845. The Bertz CT molecular complexity index is 146. The molecule has 0 aliphatic heterocycles. The number of hydrogen-bond acceptors (Lipinski definition) is 1. The van der Waals surface area contributed by atoms with E-state index in [-0.39, 0.29) is 0 Å². The summed E-state index contributed by atoms with van der Waals surface area (Å²) in [6.07, 6.45) is 2.29. The molecule has 0 heterocycles. The molecule has 1 heteroatoms. The topological polar surface area (TPSA) is 12.4 Å². The van der Waals surface area contributed by atoms with Crippen molar-refractivity contribution in [1.29, 1.82) is 0 Å². The van der Waals surface area contributed by atoms with Crippen LogP contribution in [0, 0.1) is 11.8 Å². The Morgan fingerprint density at radius 3 is 2.71 bits per heavy atom. The van der Waals surface area contributed by atoms with Gasteiger partial charge in [0.25, 0.3) is 0 Å². The van der Waals surface area contributed by atoms with E-state index in [0.29, 0.717) is 0 Å². The summed E-state index contributed by atoms with van der Waals surface area (Å²) in [5.74, 6) is 1.74. The van der Waals surface area contributed by atoms with Crippen molar-refractivity contribution in [2.45, 2.75) is 0 Å². The summed E-state index contributed by atoms with van der Waals surface area (Å²) in [5.41, 5.74) is 1.63. The second kappa shape index (κ2) is 0.808. The van der Waals surface area contributed by atoms with Gasteiger partial charge in [-0.2, -0.15) is 0 Å². The molecule has 2 unspecified atom stereocenters. The van der Waals surface area contributed by atoms with Gasteiger partial charge in [-0.05, 0) is 6.72 Å². The Labute approximate surface area is 42.8 Å². The molecule has 2 atom stereocenters. The average Bonchev–Trinajstić information content (AvgIpc) is 2.41. The molecular weight excluding hydrogens is 86.1 g/mol. The van der Waals surface area contributed by atoms with E-state index in [4.69, 9.17) is 0 Å². The molecule has 1 saturated carbocycles. The lowest BCUT2D eigenvalue weighted by Gasteiger charge is -1.86. The quantitative estimate of drug-likeness (QED) is 0.355. The van der Waals surface area contributed by atoms with E-state index >= 15 is 0 Å². The molecule has 1 nitrogen and oxygen atoms in total. The Hall–Kier alpha value is -0.590. The number of nitrogens with zero attached hydrogens (tertiary/aromatic N) is 1. The molecule has 2 rings (SSSR count). The number of rotatable bonds is 2. The Balaban J connectivity index is 1.91. The lowest BCUT2D eigenvalue weighted by atomic mass is 10.3.